The van der Waals surface area contributed by atoms with E-state index in [0.717, 1.165) is 18.8 Å². The van der Waals surface area contributed by atoms with Crippen LogP contribution in [0.15, 0.2) is 18.2 Å². The molecule has 6 heteroatoms. The molecule has 0 atom stereocenters. The van der Waals surface area contributed by atoms with Gasteiger partial charge in [-0.2, -0.15) is 0 Å². The van der Waals surface area contributed by atoms with Crippen LogP contribution in [0.1, 0.15) is 6.92 Å². The van der Waals surface area contributed by atoms with Crippen LogP contribution in [-0.2, 0) is 4.74 Å². The molecular weight excluding hydrogens is 287 g/mol. The number of amides is 1. The monoisotopic (exact) mass is 302 g/mol. The molecule has 1 aromatic rings. The molecule has 0 aromatic heterocycles. The third-order valence-corrected chi connectivity index (χ3v) is 3.89. The summed E-state index contributed by atoms with van der Waals surface area (Å²) in [6.45, 7) is 4.90. The number of piperazine rings is 1. The zero-order chi connectivity index (χ0) is 13.8. The van der Waals surface area contributed by atoms with Crippen LogP contribution in [0.5, 0.6) is 0 Å². The second kappa shape index (κ2) is 6.35. The minimum Gasteiger partial charge on any atom is -0.450 e. The van der Waals surface area contributed by atoms with Gasteiger partial charge in [0.25, 0.3) is 0 Å². The van der Waals surface area contributed by atoms with Crippen LogP contribution in [0.3, 0.4) is 0 Å². The zero-order valence-corrected chi connectivity index (χ0v) is 12.2. The third-order valence-electron chi connectivity index (χ3n) is 3.08. The molecule has 0 unspecified atom stereocenters. The van der Waals surface area contributed by atoms with Crippen LogP contribution in [0.25, 0.3) is 0 Å². The summed E-state index contributed by atoms with van der Waals surface area (Å²) in [5.41, 5.74) is 0.915. The molecule has 1 amide bonds. The summed E-state index contributed by atoms with van der Waals surface area (Å²) in [4.78, 5) is 15.4. The highest BCUT2D eigenvalue weighted by atomic mass is 35.5. The van der Waals surface area contributed by atoms with E-state index in [1.165, 1.54) is 0 Å². The molecule has 0 aliphatic carbocycles. The molecule has 1 aliphatic rings. The van der Waals surface area contributed by atoms with Crippen LogP contribution in [0.4, 0.5) is 10.5 Å². The summed E-state index contributed by atoms with van der Waals surface area (Å²) >= 11 is 12.2. The summed E-state index contributed by atoms with van der Waals surface area (Å²) in [6, 6.07) is 5.58. The highest BCUT2D eigenvalue weighted by molar-refractivity contribution is 6.43. The van der Waals surface area contributed by atoms with Crippen LogP contribution in [-0.4, -0.2) is 43.8 Å². The van der Waals surface area contributed by atoms with E-state index >= 15 is 0 Å². The minimum absolute atomic E-state index is 0.251. The van der Waals surface area contributed by atoms with Gasteiger partial charge in [-0.3, -0.25) is 0 Å². The van der Waals surface area contributed by atoms with Crippen LogP contribution in [0.2, 0.25) is 10.0 Å². The fraction of sp³-hybridized carbons (Fsp3) is 0.462. The second-order valence-corrected chi connectivity index (χ2v) is 5.03. The predicted molar refractivity (Wildman–Crippen MR) is 77.3 cm³/mol. The van der Waals surface area contributed by atoms with Crippen molar-refractivity contribution in [2.24, 2.45) is 0 Å². The summed E-state index contributed by atoms with van der Waals surface area (Å²) in [5.74, 6) is 0. The molecule has 1 fully saturated rings. The van der Waals surface area contributed by atoms with E-state index in [1.54, 1.807) is 17.9 Å². The molecule has 2 rings (SSSR count). The SMILES string of the molecule is CCOC(=O)N1CCN(c2cccc(Cl)c2Cl)CC1. The maximum absolute atomic E-state index is 11.6. The van der Waals surface area contributed by atoms with Crippen molar-refractivity contribution in [2.75, 3.05) is 37.7 Å². The van der Waals surface area contributed by atoms with E-state index in [0.29, 0.717) is 29.7 Å². The molecule has 0 radical (unpaired) electrons. The fourth-order valence-electron chi connectivity index (χ4n) is 2.08. The first-order valence-corrected chi connectivity index (χ1v) is 6.99. The van der Waals surface area contributed by atoms with Gasteiger partial charge in [-0.05, 0) is 19.1 Å². The number of hydrogen-bond acceptors (Lipinski definition) is 3. The van der Waals surface area contributed by atoms with Crippen molar-refractivity contribution in [3.05, 3.63) is 28.2 Å². The quantitative estimate of drug-likeness (QED) is 0.840. The molecule has 0 N–H and O–H groups in total. The standard InChI is InChI=1S/C13H16Cl2N2O2/c1-2-19-13(18)17-8-6-16(7-9-17)11-5-3-4-10(14)12(11)15/h3-5H,2,6-9H2,1H3. The van der Waals surface area contributed by atoms with E-state index in [2.05, 4.69) is 4.90 Å². The van der Waals surface area contributed by atoms with Crippen molar-refractivity contribution in [1.29, 1.82) is 0 Å². The molecule has 4 nitrogen and oxygen atoms in total. The Balaban J connectivity index is 2.00. The van der Waals surface area contributed by atoms with Gasteiger partial charge in [0.1, 0.15) is 0 Å². The average Bonchev–Trinajstić information content (AvgIpc) is 2.42. The van der Waals surface area contributed by atoms with Crippen molar-refractivity contribution in [1.82, 2.24) is 4.90 Å². The van der Waals surface area contributed by atoms with Gasteiger partial charge in [-0.25, -0.2) is 4.79 Å². The zero-order valence-electron chi connectivity index (χ0n) is 10.7. The summed E-state index contributed by atoms with van der Waals surface area (Å²) in [6.07, 6.45) is -0.251. The molecule has 0 spiro atoms. The first-order valence-electron chi connectivity index (χ1n) is 6.24. The van der Waals surface area contributed by atoms with Crippen LogP contribution >= 0.6 is 23.2 Å². The smallest absolute Gasteiger partial charge is 0.409 e. The molecule has 0 saturated carbocycles. The van der Waals surface area contributed by atoms with E-state index in [-0.39, 0.29) is 6.09 Å². The Kier molecular flexibility index (Phi) is 4.77. The molecular formula is C13H16Cl2N2O2. The van der Waals surface area contributed by atoms with Crippen LogP contribution < -0.4 is 4.90 Å². The number of hydrogen-bond donors (Lipinski definition) is 0. The molecule has 1 saturated heterocycles. The van der Waals surface area contributed by atoms with Crippen molar-refractivity contribution in [2.45, 2.75) is 6.92 Å². The van der Waals surface area contributed by atoms with Crippen molar-refractivity contribution >= 4 is 35.0 Å². The molecule has 104 valence electrons. The Morgan fingerprint density at radius 1 is 1.26 bits per heavy atom. The molecule has 19 heavy (non-hydrogen) atoms. The Bertz CT molecular complexity index is 460. The number of benzene rings is 1. The highest BCUT2D eigenvalue weighted by Gasteiger charge is 2.23. The molecule has 1 aromatic carbocycles. The Labute approximate surface area is 122 Å². The average molecular weight is 303 g/mol. The third kappa shape index (κ3) is 3.25. The largest absolute Gasteiger partial charge is 0.450 e. The van der Waals surface area contributed by atoms with Gasteiger partial charge in [0, 0.05) is 26.2 Å². The van der Waals surface area contributed by atoms with E-state index in [9.17, 15) is 4.79 Å². The van der Waals surface area contributed by atoms with E-state index in [4.69, 9.17) is 27.9 Å². The molecule has 1 aliphatic heterocycles. The first kappa shape index (κ1) is 14.3. The lowest BCUT2D eigenvalue weighted by Crippen LogP contribution is -2.49. The van der Waals surface area contributed by atoms with Crippen molar-refractivity contribution < 1.29 is 9.53 Å². The molecule has 0 bridgehead atoms. The van der Waals surface area contributed by atoms with Gasteiger partial charge in [0.15, 0.2) is 0 Å². The summed E-state index contributed by atoms with van der Waals surface area (Å²) in [5, 5.41) is 1.11. The number of ether oxygens (including phenoxy) is 1. The Hall–Kier alpha value is -1.13. The molecule has 1 heterocycles. The summed E-state index contributed by atoms with van der Waals surface area (Å²) < 4.78 is 4.99. The Morgan fingerprint density at radius 2 is 1.95 bits per heavy atom. The Morgan fingerprint density at radius 3 is 2.58 bits per heavy atom. The maximum atomic E-state index is 11.6. The predicted octanol–water partition coefficient (Wildman–Crippen LogP) is 3.27. The van der Waals surface area contributed by atoms with Gasteiger partial charge >= 0.3 is 6.09 Å². The summed E-state index contributed by atoms with van der Waals surface area (Å²) in [7, 11) is 0. The van der Waals surface area contributed by atoms with Crippen LogP contribution in [0, 0.1) is 0 Å². The minimum atomic E-state index is -0.251. The fourth-order valence-corrected chi connectivity index (χ4v) is 2.50. The number of anilines is 1. The van der Waals surface area contributed by atoms with Gasteiger partial charge in [-0.1, -0.05) is 29.3 Å². The maximum Gasteiger partial charge on any atom is 0.409 e. The van der Waals surface area contributed by atoms with Gasteiger partial charge in [-0.15, -0.1) is 0 Å². The lowest BCUT2D eigenvalue weighted by atomic mass is 10.2. The van der Waals surface area contributed by atoms with Gasteiger partial charge < -0.3 is 14.5 Å². The topological polar surface area (TPSA) is 32.8 Å². The lowest BCUT2D eigenvalue weighted by Gasteiger charge is -2.35. The number of carbonyl (C=O) groups is 1. The van der Waals surface area contributed by atoms with Crippen molar-refractivity contribution in [3.8, 4) is 0 Å². The number of nitrogens with zero attached hydrogens (tertiary/aromatic N) is 2. The highest BCUT2D eigenvalue weighted by Crippen LogP contribution is 2.32. The second-order valence-electron chi connectivity index (χ2n) is 4.25. The number of rotatable bonds is 2. The number of carbonyl (C=O) groups excluding carboxylic acids is 1. The van der Waals surface area contributed by atoms with E-state index < -0.39 is 0 Å². The van der Waals surface area contributed by atoms with Crippen molar-refractivity contribution in [3.63, 3.8) is 0 Å². The van der Waals surface area contributed by atoms with E-state index in [1.807, 2.05) is 12.1 Å². The lowest BCUT2D eigenvalue weighted by molar-refractivity contribution is 0.105. The first-order chi connectivity index (χ1) is 9.13. The van der Waals surface area contributed by atoms with Gasteiger partial charge in [0.05, 0.1) is 22.3 Å². The number of halogens is 2. The van der Waals surface area contributed by atoms with Gasteiger partial charge in [0.2, 0.25) is 0 Å². The normalized spacial score (nSPS) is 15.5.